The van der Waals surface area contributed by atoms with Gasteiger partial charge in [-0.25, -0.2) is 4.98 Å². The minimum atomic E-state index is -0.915. The number of nitrogens with one attached hydrogen (secondary N) is 1. The Morgan fingerprint density at radius 3 is 2.67 bits per heavy atom. The number of carbonyl (C=O) groups excluding carboxylic acids is 1. The van der Waals surface area contributed by atoms with Gasteiger partial charge in [-0.3, -0.25) is 14.9 Å². The van der Waals surface area contributed by atoms with Gasteiger partial charge in [-0.2, -0.15) is 0 Å². The van der Waals surface area contributed by atoms with Crippen molar-refractivity contribution in [1.29, 1.82) is 0 Å². The number of hydrogen-bond donors (Lipinski definition) is 2. The average Bonchev–Trinajstić information content (AvgIpc) is 3.55. The summed E-state index contributed by atoms with van der Waals surface area (Å²) in [6.07, 6.45) is 3.29. The number of aliphatic hydroxyl groups is 1. The summed E-state index contributed by atoms with van der Waals surface area (Å²) in [4.78, 5) is 30.1. The van der Waals surface area contributed by atoms with Crippen molar-refractivity contribution in [3.8, 4) is 11.4 Å². The van der Waals surface area contributed by atoms with Crippen LogP contribution in [0.25, 0.3) is 22.4 Å². The van der Waals surface area contributed by atoms with Crippen molar-refractivity contribution in [3.63, 3.8) is 0 Å². The molecule has 0 spiro atoms. The van der Waals surface area contributed by atoms with Crippen molar-refractivity contribution in [2.75, 3.05) is 26.4 Å². The molecule has 2 N–H and O–H groups in total. The molecular formula is C29H38N4O6. The normalized spacial score (nSPS) is 19.8. The first kappa shape index (κ1) is 27.5. The van der Waals surface area contributed by atoms with Gasteiger partial charge in [0.15, 0.2) is 0 Å². The quantitative estimate of drug-likeness (QED) is 0.399. The number of esters is 1. The molecule has 5 rings (SSSR count). The summed E-state index contributed by atoms with van der Waals surface area (Å²) in [5.41, 5.74) is 4.35. The van der Waals surface area contributed by atoms with Crippen molar-refractivity contribution < 1.29 is 24.1 Å². The molecule has 2 aromatic heterocycles. The lowest BCUT2D eigenvalue weighted by molar-refractivity contribution is -0.154. The lowest BCUT2D eigenvalue weighted by Gasteiger charge is -2.24. The van der Waals surface area contributed by atoms with Crippen molar-refractivity contribution >= 4 is 17.0 Å². The summed E-state index contributed by atoms with van der Waals surface area (Å²) in [5.74, 6) is 0.808. The van der Waals surface area contributed by atoms with Gasteiger partial charge in [0.1, 0.15) is 18.0 Å². The minimum absolute atomic E-state index is 0.0224. The molecule has 39 heavy (non-hydrogen) atoms. The van der Waals surface area contributed by atoms with Gasteiger partial charge >= 0.3 is 5.97 Å². The maximum atomic E-state index is 12.7. The smallest absolute Gasteiger partial charge is 0.326 e. The van der Waals surface area contributed by atoms with Crippen molar-refractivity contribution in [2.45, 2.75) is 64.4 Å². The Morgan fingerprint density at radius 2 is 1.97 bits per heavy atom. The van der Waals surface area contributed by atoms with Gasteiger partial charge in [-0.05, 0) is 56.4 Å². The molecule has 0 saturated carbocycles. The van der Waals surface area contributed by atoms with Crippen LogP contribution in [0.2, 0.25) is 0 Å². The number of carbonyl (C=O) groups is 1. The van der Waals surface area contributed by atoms with E-state index in [-0.39, 0.29) is 11.7 Å². The molecule has 2 aliphatic heterocycles. The van der Waals surface area contributed by atoms with Crippen molar-refractivity contribution in [3.05, 3.63) is 51.9 Å². The average molecular weight is 539 g/mol. The van der Waals surface area contributed by atoms with Crippen LogP contribution in [-0.4, -0.2) is 69.9 Å². The highest BCUT2D eigenvalue weighted by Gasteiger charge is 2.29. The fourth-order valence-electron chi connectivity index (χ4n) is 5.39. The van der Waals surface area contributed by atoms with Gasteiger partial charge in [0.2, 0.25) is 0 Å². The highest BCUT2D eigenvalue weighted by atomic mass is 16.6. The van der Waals surface area contributed by atoms with E-state index in [9.17, 15) is 14.7 Å². The van der Waals surface area contributed by atoms with Gasteiger partial charge in [0, 0.05) is 57.1 Å². The molecule has 1 unspecified atom stereocenters. The van der Waals surface area contributed by atoms with Gasteiger partial charge < -0.3 is 28.5 Å². The van der Waals surface area contributed by atoms with Crippen LogP contribution in [0.1, 0.15) is 37.3 Å². The maximum Gasteiger partial charge on any atom is 0.326 e. The Balaban J connectivity index is 1.43. The SMILES string of the molecule is Cc1cc(-c2nc3ccc(CN[C@H](C(=O)OC4CCOC4)[C@H](C)O)cc3n2CC2CCOCC2)cn(C)c1=O. The third kappa shape index (κ3) is 6.24. The van der Waals surface area contributed by atoms with E-state index >= 15 is 0 Å². The maximum absolute atomic E-state index is 12.7. The van der Waals surface area contributed by atoms with E-state index in [1.54, 1.807) is 18.5 Å². The van der Waals surface area contributed by atoms with Crippen LogP contribution in [0, 0.1) is 12.8 Å². The zero-order chi connectivity index (χ0) is 27.5. The topological polar surface area (TPSA) is 117 Å². The molecule has 2 aliphatic rings. The van der Waals surface area contributed by atoms with Crippen LogP contribution in [-0.2, 0) is 39.1 Å². The number of aryl methyl sites for hydroxylation is 2. The van der Waals surface area contributed by atoms with Gasteiger partial charge in [0.05, 0.1) is 30.4 Å². The number of imidazole rings is 1. The molecule has 0 amide bonds. The van der Waals surface area contributed by atoms with Gasteiger partial charge in [-0.1, -0.05) is 6.07 Å². The fraction of sp³-hybridized carbons (Fsp3) is 0.552. The number of pyridine rings is 1. The standard InChI is InChI=1S/C29H38N4O6/c1-18-12-22(16-32(3)28(18)35)27-31-24-5-4-21(13-25(24)33(27)15-20-6-9-37-10-7-20)14-30-26(19(2)34)29(36)39-23-8-11-38-17-23/h4-5,12-13,16,19-20,23,26,30,34H,6-11,14-15,17H2,1-3H3/t19-,23?,26-/m0/s1. The Labute approximate surface area is 227 Å². The number of aromatic nitrogens is 3. The van der Waals surface area contributed by atoms with Crippen molar-refractivity contribution in [2.24, 2.45) is 13.0 Å². The molecule has 210 valence electrons. The van der Waals surface area contributed by atoms with E-state index in [2.05, 4.69) is 16.0 Å². The van der Waals surface area contributed by atoms with Gasteiger partial charge in [0.25, 0.3) is 5.56 Å². The molecule has 0 radical (unpaired) electrons. The van der Waals surface area contributed by atoms with E-state index in [0.29, 0.717) is 37.7 Å². The summed E-state index contributed by atoms with van der Waals surface area (Å²) < 4.78 is 20.3. The Kier molecular flexibility index (Phi) is 8.46. The first-order chi connectivity index (χ1) is 18.8. The van der Waals surface area contributed by atoms with E-state index in [1.165, 1.54) is 0 Å². The molecular weight excluding hydrogens is 500 g/mol. The Morgan fingerprint density at radius 1 is 1.21 bits per heavy atom. The molecule has 3 aromatic rings. The van der Waals surface area contributed by atoms with Crippen LogP contribution in [0.4, 0.5) is 0 Å². The fourth-order valence-corrected chi connectivity index (χ4v) is 5.39. The van der Waals surface area contributed by atoms with E-state index < -0.39 is 18.1 Å². The molecule has 1 aromatic carbocycles. The van der Waals surface area contributed by atoms with Crippen LogP contribution >= 0.6 is 0 Å². The van der Waals surface area contributed by atoms with E-state index in [0.717, 1.165) is 60.6 Å². The predicted octanol–water partition coefficient (Wildman–Crippen LogP) is 2.31. The molecule has 0 aliphatic carbocycles. The van der Waals surface area contributed by atoms with Crippen LogP contribution < -0.4 is 10.9 Å². The second-order valence-electron chi connectivity index (χ2n) is 10.8. The number of nitrogens with zero attached hydrogens (tertiary/aromatic N) is 3. The van der Waals surface area contributed by atoms with Crippen LogP contribution in [0.5, 0.6) is 0 Å². The summed E-state index contributed by atoms with van der Waals surface area (Å²) >= 11 is 0. The number of aliphatic hydroxyl groups excluding tert-OH is 1. The minimum Gasteiger partial charge on any atom is -0.459 e. The number of hydrogen-bond acceptors (Lipinski definition) is 8. The lowest BCUT2D eigenvalue weighted by atomic mass is 10.00. The summed E-state index contributed by atoms with van der Waals surface area (Å²) in [5, 5.41) is 13.5. The lowest BCUT2D eigenvalue weighted by Crippen LogP contribution is -2.46. The molecule has 0 bridgehead atoms. The monoisotopic (exact) mass is 538 g/mol. The number of benzene rings is 1. The zero-order valence-electron chi connectivity index (χ0n) is 22.9. The molecule has 3 atom stereocenters. The molecule has 10 heteroatoms. The second-order valence-corrected chi connectivity index (χ2v) is 10.8. The molecule has 2 fully saturated rings. The molecule has 10 nitrogen and oxygen atoms in total. The number of ether oxygens (including phenoxy) is 3. The first-order valence-electron chi connectivity index (χ1n) is 13.7. The van der Waals surface area contributed by atoms with Gasteiger partial charge in [-0.15, -0.1) is 0 Å². The van der Waals surface area contributed by atoms with Crippen LogP contribution in [0.3, 0.4) is 0 Å². The second kappa shape index (κ2) is 12.0. The Bertz CT molecular complexity index is 1340. The molecule has 2 saturated heterocycles. The largest absolute Gasteiger partial charge is 0.459 e. The van der Waals surface area contributed by atoms with E-state index in [4.69, 9.17) is 19.2 Å². The Hall–Kier alpha value is -3.05. The van der Waals surface area contributed by atoms with E-state index in [1.807, 2.05) is 31.3 Å². The zero-order valence-corrected chi connectivity index (χ0v) is 22.9. The summed E-state index contributed by atoms with van der Waals surface area (Å²) in [6, 6.07) is 7.10. The molecule has 4 heterocycles. The predicted molar refractivity (Wildman–Crippen MR) is 146 cm³/mol. The van der Waals surface area contributed by atoms with Crippen molar-refractivity contribution in [1.82, 2.24) is 19.4 Å². The van der Waals surface area contributed by atoms with Crippen LogP contribution in [0.15, 0.2) is 35.3 Å². The first-order valence-corrected chi connectivity index (χ1v) is 13.7. The summed E-state index contributed by atoms with van der Waals surface area (Å²) in [6.45, 7) is 7.05. The number of rotatable bonds is 9. The number of fused-ring (bicyclic) bond motifs is 1. The third-order valence-corrected chi connectivity index (χ3v) is 7.65. The third-order valence-electron chi connectivity index (χ3n) is 7.65. The summed E-state index contributed by atoms with van der Waals surface area (Å²) in [7, 11) is 1.76. The highest BCUT2D eigenvalue weighted by molar-refractivity contribution is 5.81. The highest BCUT2D eigenvalue weighted by Crippen LogP contribution is 2.29.